The Labute approximate surface area is 140 Å². The summed E-state index contributed by atoms with van der Waals surface area (Å²) < 4.78 is 2.07. The number of rotatable bonds is 3. The maximum atomic E-state index is 12.7. The van der Waals surface area contributed by atoms with Crippen molar-refractivity contribution in [3.05, 3.63) is 29.3 Å². The fraction of sp³-hybridized carbons (Fsp3) is 0.562. The average molecular weight is 331 g/mol. The standard InChI is InChI=1S/C16H21N5OS/c1-19-7-4-17-15(19)12-3-2-6-20(10-12)14(22)9-13-11-23-16-18-5-8-21(13)16/h4,7,11-12H,2-3,5-6,8-10H2,1H3/t12-/m1/s1. The fourth-order valence-electron chi connectivity index (χ4n) is 3.57. The van der Waals surface area contributed by atoms with Gasteiger partial charge in [-0.05, 0) is 18.2 Å². The van der Waals surface area contributed by atoms with Crippen LogP contribution in [-0.2, 0) is 11.8 Å². The summed E-state index contributed by atoms with van der Waals surface area (Å²) in [5, 5.41) is 3.13. The summed E-state index contributed by atoms with van der Waals surface area (Å²) in [6.07, 6.45) is 6.46. The summed E-state index contributed by atoms with van der Waals surface area (Å²) in [6.45, 7) is 3.41. The van der Waals surface area contributed by atoms with Crippen molar-refractivity contribution in [2.24, 2.45) is 12.0 Å². The van der Waals surface area contributed by atoms with Crippen LogP contribution in [0.5, 0.6) is 0 Å². The summed E-state index contributed by atoms with van der Waals surface area (Å²) >= 11 is 1.64. The smallest absolute Gasteiger partial charge is 0.228 e. The molecular formula is C16H21N5OS. The number of fused-ring (bicyclic) bond motifs is 1. The molecule has 6 nitrogen and oxygen atoms in total. The van der Waals surface area contributed by atoms with Crippen LogP contribution < -0.4 is 0 Å². The number of hydrogen-bond acceptors (Lipinski definition) is 5. The van der Waals surface area contributed by atoms with Gasteiger partial charge < -0.3 is 14.4 Å². The molecule has 0 N–H and O–H groups in total. The van der Waals surface area contributed by atoms with Crippen LogP contribution in [0.3, 0.4) is 0 Å². The molecule has 1 aromatic heterocycles. The monoisotopic (exact) mass is 331 g/mol. The lowest BCUT2D eigenvalue weighted by atomic mass is 9.96. The lowest BCUT2D eigenvalue weighted by Crippen LogP contribution is -2.40. The van der Waals surface area contributed by atoms with E-state index in [9.17, 15) is 4.79 Å². The van der Waals surface area contributed by atoms with Crippen LogP contribution in [0.4, 0.5) is 0 Å². The Morgan fingerprint density at radius 2 is 2.35 bits per heavy atom. The van der Waals surface area contributed by atoms with Crippen molar-refractivity contribution < 1.29 is 4.79 Å². The molecule has 1 aromatic rings. The molecule has 3 aliphatic rings. The molecule has 1 amide bonds. The van der Waals surface area contributed by atoms with Gasteiger partial charge in [0.05, 0.1) is 13.0 Å². The number of likely N-dealkylation sites (tertiary alicyclic amines) is 1. The highest BCUT2D eigenvalue weighted by molar-refractivity contribution is 8.16. The molecular weight excluding hydrogens is 310 g/mol. The zero-order chi connectivity index (χ0) is 15.8. The minimum Gasteiger partial charge on any atom is -0.342 e. The quantitative estimate of drug-likeness (QED) is 0.847. The summed E-state index contributed by atoms with van der Waals surface area (Å²) in [6, 6.07) is 0. The van der Waals surface area contributed by atoms with Gasteiger partial charge in [0.15, 0.2) is 5.17 Å². The van der Waals surface area contributed by atoms with Gasteiger partial charge in [-0.2, -0.15) is 0 Å². The van der Waals surface area contributed by atoms with Crippen molar-refractivity contribution in [1.29, 1.82) is 0 Å². The first-order chi connectivity index (χ1) is 11.2. The first-order valence-corrected chi connectivity index (χ1v) is 9.03. The third kappa shape index (κ3) is 2.78. The van der Waals surface area contributed by atoms with Crippen LogP contribution in [0.2, 0.25) is 0 Å². The number of piperidine rings is 1. The second-order valence-corrected chi connectivity index (χ2v) is 7.13. The zero-order valence-corrected chi connectivity index (χ0v) is 14.1. The van der Waals surface area contributed by atoms with Crippen molar-refractivity contribution >= 4 is 22.8 Å². The van der Waals surface area contributed by atoms with Gasteiger partial charge in [0.1, 0.15) is 5.82 Å². The zero-order valence-electron chi connectivity index (χ0n) is 13.3. The first kappa shape index (κ1) is 14.8. The second-order valence-electron chi connectivity index (χ2n) is 6.30. The van der Waals surface area contributed by atoms with Gasteiger partial charge in [-0.3, -0.25) is 9.79 Å². The minimum absolute atomic E-state index is 0.226. The van der Waals surface area contributed by atoms with Crippen molar-refractivity contribution in [1.82, 2.24) is 19.4 Å². The lowest BCUT2D eigenvalue weighted by molar-refractivity contribution is -0.131. The minimum atomic E-state index is 0.226. The largest absolute Gasteiger partial charge is 0.342 e. The molecule has 0 aromatic carbocycles. The predicted octanol–water partition coefficient (Wildman–Crippen LogP) is 1.78. The summed E-state index contributed by atoms with van der Waals surface area (Å²) in [7, 11) is 2.03. The number of carbonyl (C=O) groups excluding carboxylic acids is 1. The average Bonchev–Trinajstić information content (AvgIpc) is 3.26. The van der Waals surface area contributed by atoms with E-state index in [-0.39, 0.29) is 5.91 Å². The van der Waals surface area contributed by atoms with Crippen molar-refractivity contribution in [3.8, 4) is 0 Å². The number of thioether (sulfide) groups is 1. The molecule has 1 atom stereocenters. The Kier molecular flexibility index (Phi) is 3.88. The van der Waals surface area contributed by atoms with Crippen LogP contribution >= 0.6 is 11.8 Å². The van der Waals surface area contributed by atoms with E-state index >= 15 is 0 Å². The number of aliphatic imine (C=N–C) groups is 1. The molecule has 1 fully saturated rings. The van der Waals surface area contributed by atoms with Crippen molar-refractivity contribution in [2.45, 2.75) is 25.2 Å². The molecule has 0 spiro atoms. The highest BCUT2D eigenvalue weighted by atomic mass is 32.2. The third-order valence-corrected chi connectivity index (χ3v) is 5.73. The Hall–Kier alpha value is -1.76. The SMILES string of the molecule is Cn1ccnc1[C@@H]1CCCN(C(=O)CC2=CSC3=NCCN23)C1. The lowest BCUT2D eigenvalue weighted by Gasteiger charge is -2.33. The predicted molar refractivity (Wildman–Crippen MR) is 91.1 cm³/mol. The van der Waals surface area contributed by atoms with E-state index in [0.717, 1.165) is 55.7 Å². The molecule has 4 rings (SSSR count). The molecule has 0 bridgehead atoms. The number of carbonyl (C=O) groups is 1. The molecule has 0 radical (unpaired) electrons. The van der Waals surface area contributed by atoms with Gasteiger partial charge >= 0.3 is 0 Å². The van der Waals surface area contributed by atoms with Gasteiger partial charge in [0, 0.05) is 50.7 Å². The number of aromatic nitrogens is 2. The highest BCUT2D eigenvalue weighted by Crippen LogP contribution is 2.32. The van der Waals surface area contributed by atoms with E-state index in [2.05, 4.69) is 24.9 Å². The molecule has 7 heteroatoms. The van der Waals surface area contributed by atoms with Crippen molar-refractivity contribution in [2.75, 3.05) is 26.2 Å². The number of amides is 1. The highest BCUT2D eigenvalue weighted by Gasteiger charge is 2.31. The third-order valence-electron chi connectivity index (χ3n) is 4.78. The maximum absolute atomic E-state index is 12.7. The van der Waals surface area contributed by atoms with Crippen LogP contribution in [-0.4, -0.2) is 56.6 Å². The molecule has 3 aliphatic heterocycles. The van der Waals surface area contributed by atoms with E-state index in [0.29, 0.717) is 12.3 Å². The van der Waals surface area contributed by atoms with Gasteiger partial charge in [0.25, 0.3) is 0 Å². The molecule has 23 heavy (non-hydrogen) atoms. The van der Waals surface area contributed by atoms with E-state index in [1.807, 2.05) is 24.3 Å². The second kappa shape index (κ2) is 6.03. The fourth-order valence-corrected chi connectivity index (χ4v) is 4.52. The summed E-state index contributed by atoms with van der Waals surface area (Å²) in [5.74, 6) is 1.67. The summed E-state index contributed by atoms with van der Waals surface area (Å²) in [4.78, 5) is 25.8. The Bertz CT molecular complexity index is 680. The van der Waals surface area contributed by atoms with Crippen LogP contribution in [0.1, 0.15) is 31.0 Å². The molecule has 1 saturated heterocycles. The number of amidine groups is 1. The number of aryl methyl sites for hydroxylation is 1. The van der Waals surface area contributed by atoms with E-state index in [1.54, 1.807) is 11.8 Å². The van der Waals surface area contributed by atoms with Gasteiger partial charge in [-0.25, -0.2) is 4.98 Å². The van der Waals surface area contributed by atoms with Crippen LogP contribution in [0.15, 0.2) is 28.5 Å². The van der Waals surface area contributed by atoms with Crippen LogP contribution in [0.25, 0.3) is 0 Å². The Morgan fingerprint density at radius 3 is 3.17 bits per heavy atom. The number of nitrogens with zero attached hydrogens (tertiary/aromatic N) is 5. The van der Waals surface area contributed by atoms with Gasteiger partial charge in [-0.1, -0.05) is 11.8 Å². The van der Waals surface area contributed by atoms with Gasteiger partial charge in [0.2, 0.25) is 5.91 Å². The van der Waals surface area contributed by atoms with Crippen molar-refractivity contribution in [3.63, 3.8) is 0 Å². The molecule has 4 heterocycles. The van der Waals surface area contributed by atoms with Gasteiger partial charge in [-0.15, -0.1) is 0 Å². The topological polar surface area (TPSA) is 53.7 Å². The molecule has 0 aliphatic carbocycles. The first-order valence-electron chi connectivity index (χ1n) is 8.15. The molecule has 0 unspecified atom stereocenters. The maximum Gasteiger partial charge on any atom is 0.228 e. The van der Waals surface area contributed by atoms with E-state index < -0.39 is 0 Å². The normalized spacial score (nSPS) is 23.8. The summed E-state index contributed by atoms with van der Waals surface area (Å²) in [5.41, 5.74) is 1.11. The van der Waals surface area contributed by atoms with Crippen LogP contribution in [0, 0.1) is 0 Å². The van der Waals surface area contributed by atoms with E-state index in [1.165, 1.54) is 0 Å². The van der Waals surface area contributed by atoms with E-state index in [4.69, 9.17) is 0 Å². The Balaban J connectivity index is 1.41. The molecule has 0 saturated carbocycles. The Morgan fingerprint density at radius 1 is 1.43 bits per heavy atom. The number of imidazole rings is 1. The molecule has 122 valence electrons. The number of hydrogen-bond donors (Lipinski definition) is 0.